The van der Waals surface area contributed by atoms with E-state index in [1.54, 1.807) is 12.1 Å². The van der Waals surface area contributed by atoms with Gasteiger partial charge in [0.15, 0.2) is 0 Å². The number of fused-ring (bicyclic) bond motifs is 1. The zero-order valence-electron chi connectivity index (χ0n) is 15.8. The topological polar surface area (TPSA) is 80.5 Å². The highest BCUT2D eigenvalue weighted by atomic mass is 35.5. The van der Waals surface area contributed by atoms with Crippen molar-refractivity contribution in [3.63, 3.8) is 0 Å². The van der Waals surface area contributed by atoms with Crippen molar-refractivity contribution in [3.05, 3.63) is 83.1 Å². The molecule has 6 heteroatoms. The van der Waals surface area contributed by atoms with Crippen molar-refractivity contribution in [1.29, 1.82) is 5.26 Å². The lowest BCUT2D eigenvalue weighted by atomic mass is 10.1. The number of para-hydroxylation sites is 1. The van der Waals surface area contributed by atoms with E-state index >= 15 is 0 Å². The quantitative estimate of drug-likeness (QED) is 0.512. The fourth-order valence-corrected chi connectivity index (χ4v) is 3.54. The zero-order valence-corrected chi connectivity index (χ0v) is 16.5. The highest BCUT2D eigenvalue weighted by molar-refractivity contribution is 6.32. The summed E-state index contributed by atoms with van der Waals surface area (Å²) >= 11 is 6.12. The Morgan fingerprint density at radius 3 is 2.83 bits per heavy atom. The van der Waals surface area contributed by atoms with Crippen LogP contribution in [0.2, 0.25) is 5.02 Å². The first-order valence-electron chi connectivity index (χ1n) is 9.45. The van der Waals surface area contributed by atoms with E-state index in [4.69, 9.17) is 22.6 Å². The van der Waals surface area contributed by atoms with Gasteiger partial charge in [-0.05, 0) is 48.7 Å². The van der Waals surface area contributed by atoms with Crippen LogP contribution in [0.1, 0.15) is 17.5 Å². The average Bonchev–Trinajstić information content (AvgIpc) is 3.20. The van der Waals surface area contributed by atoms with E-state index in [0.29, 0.717) is 17.1 Å². The van der Waals surface area contributed by atoms with Crippen LogP contribution in [0.3, 0.4) is 0 Å². The summed E-state index contributed by atoms with van der Waals surface area (Å²) < 4.78 is 1.85. The number of hydrogen-bond acceptors (Lipinski definition) is 4. The summed E-state index contributed by atoms with van der Waals surface area (Å²) in [4.78, 5) is 4.51. The maximum atomic E-state index is 9.00. The smallest absolute Gasteiger partial charge is 0.101 e. The average molecular weight is 402 g/mol. The summed E-state index contributed by atoms with van der Waals surface area (Å²) in [6.07, 6.45) is 5.56. The Morgan fingerprint density at radius 1 is 1.14 bits per heavy atom. The molecule has 2 aromatic carbocycles. The van der Waals surface area contributed by atoms with Gasteiger partial charge in [0.2, 0.25) is 0 Å². The largest absolute Gasteiger partial charge is 0.326 e. The fourth-order valence-electron chi connectivity index (χ4n) is 3.32. The lowest BCUT2D eigenvalue weighted by molar-refractivity contribution is 0.486. The second-order valence-corrected chi connectivity index (χ2v) is 7.47. The van der Waals surface area contributed by atoms with Crippen LogP contribution >= 0.6 is 11.6 Å². The number of pyridine rings is 1. The molecule has 0 saturated heterocycles. The van der Waals surface area contributed by atoms with Crippen molar-refractivity contribution in [3.8, 4) is 17.3 Å². The standard InChI is InChI=1S/C23H20ClN5/c24-21-12-18(6-7-19(21)13-25)23-9-10-29(28-23)15-20(26)8-5-16-11-17-3-1-2-4-22(17)27-14-16/h1-4,6-7,9-12,14,20H,5,8,15,26H2/t20-/m1/s1. The van der Waals surface area contributed by atoms with Crippen molar-refractivity contribution in [2.24, 2.45) is 5.73 Å². The molecule has 5 nitrogen and oxygen atoms in total. The third-order valence-corrected chi connectivity index (χ3v) is 5.21. The first kappa shape index (κ1) is 19.1. The Kier molecular flexibility index (Phi) is 5.57. The highest BCUT2D eigenvalue weighted by Gasteiger charge is 2.09. The van der Waals surface area contributed by atoms with E-state index in [1.165, 1.54) is 5.56 Å². The Balaban J connectivity index is 1.38. The second-order valence-electron chi connectivity index (χ2n) is 7.06. The molecule has 0 saturated carbocycles. The molecule has 0 bridgehead atoms. The minimum Gasteiger partial charge on any atom is -0.326 e. The lowest BCUT2D eigenvalue weighted by Gasteiger charge is -2.12. The van der Waals surface area contributed by atoms with E-state index in [1.807, 2.05) is 47.4 Å². The predicted octanol–water partition coefficient (Wildman–Crippen LogP) is 4.58. The molecule has 0 aliphatic carbocycles. The van der Waals surface area contributed by atoms with E-state index in [9.17, 15) is 0 Å². The van der Waals surface area contributed by atoms with Crippen LogP contribution < -0.4 is 5.73 Å². The van der Waals surface area contributed by atoms with E-state index in [0.717, 1.165) is 35.0 Å². The fraction of sp³-hybridized carbons (Fsp3) is 0.174. The molecule has 0 fully saturated rings. The van der Waals surface area contributed by atoms with Gasteiger partial charge < -0.3 is 5.73 Å². The Hall–Kier alpha value is -3.20. The molecule has 0 unspecified atom stereocenters. The zero-order chi connectivity index (χ0) is 20.2. The second kappa shape index (κ2) is 8.44. The van der Waals surface area contributed by atoms with Gasteiger partial charge in [-0.2, -0.15) is 10.4 Å². The molecule has 2 N–H and O–H groups in total. The van der Waals surface area contributed by atoms with Crippen LogP contribution in [0.25, 0.3) is 22.2 Å². The molecule has 4 aromatic rings. The van der Waals surface area contributed by atoms with Gasteiger partial charge in [0.05, 0.1) is 28.3 Å². The number of nitriles is 1. The molecule has 144 valence electrons. The van der Waals surface area contributed by atoms with E-state index in [-0.39, 0.29) is 6.04 Å². The Bertz CT molecular complexity index is 1190. The first-order valence-corrected chi connectivity index (χ1v) is 9.83. The molecule has 0 amide bonds. The van der Waals surface area contributed by atoms with Crippen LogP contribution in [0.5, 0.6) is 0 Å². The molecule has 0 spiro atoms. The number of hydrogen-bond donors (Lipinski definition) is 1. The molecule has 2 aromatic heterocycles. The molecular formula is C23H20ClN5. The summed E-state index contributed by atoms with van der Waals surface area (Å²) in [5.41, 5.74) is 10.7. The van der Waals surface area contributed by atoms with Crippen LogP contribution in [0.15, 0.2) is 67.0 Å². The number of rotatable bonds is 6. The number of benzene rings is 2. The highest BCUT2D eigenvalue weighted by Crippen LogP contribution is 2.24. The molecule has 0 aliphatic heterocycles. The molecule has 0 radical (unpaired) electrons. The monoisotopic (exact) mass is 401 g/mol. The van der Waals surface area contributed by atoms with Crippen molar-refractivity contribution in [2.75, 3.05) is 0 Å². The van der Waals surface area contributed by atoms with Gasteiger partial charge in [-0.1, -0.05) is 35.9 Å². The van der Waals surface area contributed by atoms with Gasteiger partial charge in [0.25, 0.3) is 0 Å². The van der Waals surface area contributed by atoms with Crippen LogP contribution in [-0.2, 0) is 13.0 Å². The summed E-state index contributed by atoms with van der Waals surface area (Å²) in [6.45, 7) is 0.630. The lowest BCUT2D eigenvalue weighted by Crippen LogP contribution is -2.27. The van der Waals surface area contributed by atoms with E-state index < -0.39 is 0 Å². The minimum atomic E-state index is -0.0150. The Morgan fingerprint density at radius 2 is 2.00 bits per heavy atom. The molecule has 0 aliphatic rings. The van der Waals surface area contributed by atoms with Crippen LogP contribution in [0.4, 0.5) is 0 Å². The molecule has 2 heterocycles. The summed E-state index contributed by atoms with van der Waals surface area (Å²) in [5, 5.41) is 15.2. The van der Waals surface area contributed by atoms with Crippen LogP contribution in [0, 0.1) is 11.3 Å². The van der Waals surface area contributed by atoms with Gasteiger partial charge in [0.1, 0.15) is 6.07 Å². The normalized spacial score (nSPS) is 12.0. The van der Waals surface area contributed by atoms with E-state index in [2.05, 4.69) is 28.3 Å². The minimum absolute atomic E-state index is 0.0150. The molecule has 4 rings (SSSR count). The van der Waals surface area contributed by atoms with Crippen LogP contribution in [-0.4, -0.2) is 20.8 Å². The van der Waals surface area contributed by atoms with Crippen molar-refractivity contribution in [2.45, 2.75) is 25.4 Å². The molecule has 29 heavy (non-hydrogen) atoms. The van der Waals surface area contributed by atoms with Crippen molar-refractivity contribution >= 4 is 22.5 Å². The summed E-state index contributed by atoms with van der Waals surface area (Å²) in [5.74, 6) is 0. The number of nitrogens with two attached hydrogens (primary N) is 1. The van der Waals surface area contributed by atoms with Crippen molar-refractivity contribution < 1.29 is 0 Å². The maximum absolute atomic E-state index is 9.00. The molecule has 1 atom stereocenters. The summed E-state index contributed by atoms with van der Waals surface area (Å²) in [6, 6.07) is 19.6. The molecular weight excluding hydrogens is 382 g/mol. The maximum Gasteiger partial charge on any atom is 0.101 e. The number of aromatic nitrogens is 3. The first-order chi connectivity index (χ1) is 14.1. The number of aryl methyl sites for hydroxylation is 1. The third kappa shape index (κ3) is 4.45. The number of nitrogens with zero attached hydrogens (tertiary/aromatic N) is 4. The van der Waals surface area contributed by atoms with Crippen molar-refractivity contribution in [1.82, 2.24) is 14.8 Å². The summed E-state index contributed by atoms with van der Waals surface area (Å²) in [7, 11) is 0. The van der Waals surface area contributed by atoms with Gasteiger partial charge in [0, 0.05) is 29.4 Å². The predicted molar refractivity (Wildman–Crippen MR) is 115 cm³/mol. The SMILES string of the molecule is N#Cc1ccc(-c2ccn(C[C@H](N)CCc3cnc4ccccc4c3)n2)cc1Cl. The van der Waals surface area contributed by atoms with Gasteiger partial charge in [-0.3, -0.25) is 9.67 Å². The van der Waals surface area contributed by atoms with Gasteiger partial charge in [-0.15, -0.1) is 0 Å². The van der Waals surface area contributed by atoms with Gasteiger partial charge >= 0.3 is 0 Å². The van der Waals surface area contributed by atoms with Gasteiger partial charge in [-0.25, -0.2) is 0 Å². The number of halogens is 1. The third-order valence-electron chi connectivity index (χ3n) is 4.90. The Labute approximate surface area is 174 Å².